The quantitative estimate of drug-likeness (QED) is 0.332. The third-order valence-corrected chi connectivity index (χ3v) is 2.18. The van der Waals surface area contributed by atoms with Crippen LogP contribution in [0.1, 0.15) is 17.3 Å². The summed E-state index contributed by atoms with van der Waals surface area (Å²) in [4.78, 5) is 21.6. The molecule has 17 heavy (non-hydrogen) atoms. The summed E-state index contributed by atoms with van der Waals surface area (Å²) < 4.78 is 15.4. The van der Waals surface area contributed by atoms with E-state index in [-0.39, 0.29) is 11.9 Å². The molecule has 90 valence electrons. The van der Waals surface area contributed by atoms with Gasteiger partial charge in [0.15, 0.2) is 11.5 Å². The van der Waals surface area contributed by atoms with Gasteiger partial charge in [-0.25, -0.2) is 0 Å². The first-order chi connectivity index (χ1) is 8.19. The molecule has 1 aromatic carbocycles. The molecule has 1 aliphatic rings. The molecule has 0 unspecified atom stereocenters. The minimum absolute atomic E-state index is 0.117. The van der Waals surface area contributed by atoms with E-state index in [0.29, 0.717) is 30.8 Å². The molecule has 0 radical (unpaired) electrons. The van der Waals surface area contributed by atoms with Gasteiger partial charge in [0.2, 0.25) is 0 Å². The van der Waals surface area contributed by atoms with E-state index in [1.54, 1.807) is 12.1 Å². The largest absolute Gasteiger partial charge is 0.487 e. The molecule has 5 nitrogen and oxygen atoms in total. The van der Waals surface area contributed by atoms with Gasteiger partial charge in [-0.05, 0) is 18.2 Å². The SMILES string of the molecule is CC(=O)Oc1cc(C=O)ccc1OC[C@@H]1CO1. The van der Waals surface area contributed by atoms with Gasteiger partial charge in [-0.1, -0.05) is 0 Å². The lowest BCUT2D eigenvalue weighted by atomic mass is 10.2. The maximum Gasteiger partial charge on any atom is 0.308 e. The highest BCUT2D eigenvalue weighted by Crippen LogP contribution is 2.29. The first-order valence-corrected chi connectivity index (χ1v) is 5.21. The van der Waals surface area contributed by atoms with Crippen molar-refractivity contribution in [3.63, 3.8) is 0 Å². The van der Waals surface area contributed by atoms with Gasteiger partial charge in [-0.3, -0.25) is 9.59 Å². The van der Waals surface area contributed by atoms with E-state index in [9.17, 15) is 9.59 Å². The lowest BCUT2D eigenvalue weighted by Crippen LogP contribution is -2.08. The van der Waals surface area contributed by atoms with Crippen LogP contribution in [0.5, 0.6) is 11.5 Å². The first kappa shape index (κ1) is 11.6. The maximum absolute atomic E-state index is 10.9. The second-order valence-corrected chi connectivity index (χ2v) is 3.68. The van der Waals surface area contributed by atoms with Crippen molar-refractivity contribution in [1.29, 1.82) is 0 Å². The summed E-state index contributed by atoms with van der Waals surface area (Å²) in [5.74, 6) is 0.227. The monoisotopic (exact) mass is 236 g/mol. The lowest BCUT2D eigenvalue weighted by molar-refractivity contribution is -0.132. The van der Waals surface area contributed by atoms with Crippen molar-refractivity contribution >= 4 is 12.3 Å². The predicted octanol–water partition coefficient (Wildman–Crippen LogP) is 1.20. The Kier molecular flexibility index (Phi) is 3.39. The zero-order valence-corrected chi connectivity index (χ0v) is 9.34. The number of benzene rings is 1. The zero-order valence-electron chi connectivity index (χ0n) is 9.34. The van der Waals surface area contributed by atoms with Crippen LogP contribution in [0.25, 0.3) is 0 Å². The molecule has 1 saturated heterocycles. The van der Waals surface area contributed by atoms with Gasteiger partial charge in [0.1, 0.15) is 19.0 Å². The van der Waals surface area contributed by atoms with Crippen LogP contribution in [0.4, 0.5) is 0 Å². The van der Waals surface area contributed by atoms with E-state index in [2.05, 4.69) is 0 Å². The average Bonchev–Trinajstić information content (AvgIpc) is 3.10. The van der Waals surface area contributed by atoms with E-state index in [0.717, 1.165) is 0 Å². The lowest BCUT2D eigenvalue weighted by Gasteiger charge is -2.10. The normalized spacial score (nSPS) is 17.4. The van der Waals surface area contributed by atoms with E-state index < -0.39 is 5.97 Å². The fraction of sp³-hybridized carbons (Fsp3) is 0.333. The first-order valence-electron chi connectivity index (χ1n) is 5.21. The molecule has 1 heterocycles. The van der Waals surface area contributed by atoms with Gasteiger partial charge in [0.25, 0.3) is 0 Å². The molecule has 1 atom stereocenters. The molecular weight excluding hydrogens is 224 g/mol. The second kappa shape index (κ2) is 4.97. The van der Waals surface area contributed by atoms with Crippen LogP contribution in [0.2, 0.25) is 0 Å². The fourth-order valence-electron chi connectivity index (χ4n) is 1.30. The number of ether oxygens (including phenoxy) is 3. The average molecular weight is 236 g/mol. The van der Waals surface area contributed by atoms with Crippen LogP contribution in [0.3, 0.4) is 0 Å². The second-order valence-electron chi connectivity index (χ2n) is 3.68. The van der Waals surface area contributed by atoms with Crippen LogP contribution in [0, 0.1) is 0 Å². The topological polar surface area (TPSA) is 65.1 Å². The molecule has 1 fully saturated rings. The van der Waals surface area contributed by atoms with E-state index >= 15 is 0 Å². The molecule has 0 spiro atoms. The molecule has 0 aliphatic carbocycles. The number of hydrogen-bond donors (Lipinski definition) is 0. The van der Waals surface area contributed by atoms with Gasteiger partial charge in [0, 0.05) is 12.5 Å². The number of aldehydes is 1. The molecule has 1 aliphatic heterocycles. The Balaban J connectivity index is 2.14. The van der Waals surface area contributed by atoms with Crippen molar-refractivity contribution in [3.8, 4) is 11.5 Å². The van der Waals surface area contributed by atoms with E-state index in [1.165, 1.54) is 13.0 Å². The van der Waals surface area contributed by atoms with Crippen LogP contribution < -0.4 is 9.47 Å². The maximum atomic E-state index is 10.9. The summed E-state index contributed by atoms with van der Waals surface area (Å²) in [6.07, 6.45) is 0.798. The third kappa shape index (κ3) is 3.29. The summed E-state index contributed by atoms with van der Waals surface area (Å²) in [7, 11) is 0. The molecular formula is C12H12O5. The zero-order chi connectivity index (χ0) is 12.3. The molecule has 0 saturated carbocycles. The summed E-state index contributed by atoms with van der Waals surface area (Å²) in [6, 6.07) is 4.67. The molecule has 0 bridgehead atoms. The minimum atomic E-state index is -0.458. The minimum Gasteiger partial charge on any atom is -0.487 e. The van der Waals surface area contributed by atoms with Gasteiger partial charge in [-0.15, -0.1) is 0 Å². The Morgan fingerprint density at radius 3 is 2.88 bits per heavy atom. The summed E-state index contributed by atoms with van der Waals surface area (Å²) >= 11 is 0. The predicted molar refractivity (Wildman–Crippen MR) is 58.4 cm³/mol. The molecule has 0 amide bonds. The Bertz CT molecular complexity index is 437. The molecule has 5 heteroatoms. The Morgan fingerprint density at radius 2 is 2.29 bits per heavy atom. The van der Waals surface area contributed by atoms with Crippen LogP contribution in [-0.2, 0) is 9.53 Å². The van der Waals surface area contributed by atoms with Crippen molar-refractivity contribution in [2.75, 3.05) is 13.2 Å². The van der Waals surface area contributed by atoms with Crippen LogP contribution >= 0.6 is 0 Å². The van der Waals surface area contributed by atoms with Gasteiger partial charge in [0.05, 0.1) is 6.61 Å². The highest BCUT2D eigenvalue weighted by Gasteiger charge is 2.23. The highest BCUT2D eigenvalue weighted by molar-refractivity contribution is 5.78. The fourth-order valence-corrected chi connectivity index (χ4v) is 1.30. The molecule has 0 N–H and O–H groups in total. The van der Waals surface area contributed by atoms with Crippen molar-refractivity contribution < 1.29 is 23.8 Å². The molecule has 2 rings (SSSR count). The van der Waals surface area contributed by atoms with Crippen LogP contribution in [0.15, 0.2) is 18.2 Å². The molecule has 1 aromatic rings. The highest BCUT2D eigenvalue weighted by atomic mass is 16.6. The Labute approximate surface area is 98.3 Å². The summed E-state index contributed by atoms with van der Waals surface area (Å²) in [6.45, 7) is 2.39. The summed E-state index contributed by atoms with van der Waals surface area (Å²) in [5.41, 5.74) is 0.427. The Hall–Kier alpha value is -1.88. The van der Waals surface area contributed by atoms with Crippen molar-refractivity contribution in [2.24, 2.45) is 0 Å². The smallest absolute Gasteiger partial charge is 0.308 e. The van der Waals surface area contributed by atoms with Crippen molar-refractivity contribution in [1.82, 2.24) is 0 Å². The summed E-state index contributed by atoms with van der Waals surface area (Å²) in [5, 5.41) is 0. The van der Waals surface area contributed by atoms with E-state index in [4.69, 9.17) is 14.2 Å². The van der Waals surface area contributed by atoms with Crippen molar-refractivity contribution in [3.05, 3.63) is 23.8 Å². The van der Waals surface area contributed by atoms with Gasteiger partial charge in [-0.2, -0.15) is 0 Å². The number of epoxide rings is 1. The van der Waals surface area contributed by atoms with Crippen molar-refractivity contribution in [2.45, 2.75) is 13.0 Å². The standard InChI is InChI=1S/C12H12O5/c1-8(14)17-12-4-9(5-13)2-3-11(12)16-7-10-6-15-10/h2-5,10H,6-7H2,1H3/t10-/m0/s1. The van der Waals surface area contributed by atoms with Crippen LogP contribution in [-0.4, -0.2) is 31.6 Å². The number of esters is 1. The Morgan fingerprint density at radius 1 is 1.53 bits per heavy atom. The van der Waals surface area contributed by atoms with E-state index in [1.807, 2.05) is 0 Å². The number of rotatable bonds is 5. The van der Waals surface area contributed by atoms with Gasteiger partial charge >= 0.3 is 5.97 Å². The number of carbonyl (C=O) groups is 2. The molecule has 0 aromatic heterocycles. The third-order valence-electron chi connectivity index (χ3n) is 2.18. The number of carbonyl (C=O) groups excluding carboxylic acids is 2. The number of hydrogen-bond acceptors (Lipinski definition) is 5. The van der Waals surface area contributed by atoms with Gasteiger partial charge < -0.3 is 14.2 Å².